The average Bonchev–Trinajstić information content (AvgIpc) is 2.21. The number of alkyl halides is 1. The third kappa shape index (κ3) is 2.65. The molecule has 0 fully saturated rings. The number of hydrogen-bond acceptors (Lipinski definition) is 2. The molecule has 0 spiro atoms. The topological polar surface area (TPSA) is 26.3 Å². The molecule has 15 heavy (non-hydrogen) atoms. The number of benzene rings is 1. The Labute approximate surface area is 90.8 Å². The molecule has 0 N–H and O–H groups in total. The van der Waals surface area contributed by atoms with E-state index >= 15 is 0 Å². The fraction of sp³-hybridized carbons (Fsp3) is 0.300. The van der Waals surface area contributed by atoms with Gasteiger partial charge in [-0.15, -0.1) is 11.6 Å². The van der Waals surface area contributed by atoms with Crippen molar-refractivity contribution in [2.24, 2.45) is 0 Å². The Bertz CT molecular complexity index is 380. The second-order valence-corrected chi connectivity index (χ2v) is 3.05. The molecule has 1 rings (SSSR count). The number of hydrogen-bond donors (Lipinski definition) is 0. The van der Waals surface area contributed by atoms with Crippen LogP contribution in [-0.2, 0) is 10.6 Å². The lowest BCUT2D eigenvalue weighted by Gasteiger charge is -2.06. The summed E-state index contributed by atoms with van der Waals surface area (Å²) in [7, 11) is 0. The first-order valence-corrected chi connectivity index (χ1v) is 4.84. The number of carbonyl (C=O) groups is 1. The summed E-state index contributed by atoms with van der Waals surface area (Å²) in [5.41, 5.74) is -0.479. The van der Waals surface area contributed by atoms with Crippen LogP contribution in [0.2, 0.25) is 0 Å². The van der Waals surface area contributed by atoms with E-state index in [2.05, 4.69) is 4.74 Å². The molecule has 0 unspecified atom stereocenters. The molecule has 0 heterocycles. The first-order valence-electron chi connectivity index (χ1n) is 4.31. The van der Waals surface area contributed by atoms with Crippen LogP contribution in [0.4, 0.5) is 8.78 Å². The highest BCUT2D eigenvalue weighted by atomic mass is 35.5. The zero-order chi connectivity index (χ0) is 11.4. The predicted molar refractivity (Wildman–Crippen MR) is 51.9 cm³/mol. The van der Waals surface area contributed by atoms with Crippen LogP contribution in [0.3, 0.4) is 0 Å². The van der Waals surface area contributed by atoms with E-state index < -0.39 is 23.2 Å². The van der Waals surface area contributed by atoms with E-state index in [1.807, 2.05) is 0 Å². The lowest BCUT2D eigenvalue weighted by atomic mass is 10.1. The molecule has 0 bridgehead atoms. The summed E-state index contributed by atoms with van der Waals surface area (Å²) in [5.74, 6) is -2.63. The summed E-state index contributed by atoms with van der Waals surface area (Å²) in [6, 6.07) is 1.74. The van der Waals surface area contributed by atoms with Crippen LogP contribution in [0.25, 0.3) is 0 Å². The molecular formula is C10H9ClF2O2. The van der Waals surface area contributed by atoms with E-state index in [-0.39, 0.29) is 18.1 Å². The first-order chi connectivity index (χ1) is 7.10. The minimum absolute atomic E-state index is 0.0558. The number of ether oxygens (including phenoxy) is 1. The zero-order valence-electron chi connectivity index (χ0n) is 8.02. The molecule has 5 heteroatoms. The van der Waals surface area contributed by atoms with Gasteiger partial charge in [0.2, 0.25) is 0 Å². The van der Waals surface area contributed by atoms with Gasteiger partial charge < -0.3 is 4.74 Å². The molecule has 0 saturated carbocycles. The van der Waals surface area contributed by atoms with Gasteiger partial charge in [0.1, 0.15) is 11.6 Å². The Hall–Kier alpha value is -1.16. The van der Waals surface area contributed by atoms with Gasteiger partial charge in [0.15, 0.2) is 0 Å². The summed E-state index contributed by atoms with van der Waals surface area (Å²) < 4.78 is 31.0. The predicted octanol–water partition coefficient (Wildman–Crippen LogP) is 2.88. The molecule has 0 aliphatic rings. The van der Waals surface area contributed by atoms with Gasteiger partial charge in [0, 0.05) is 5.56 Å². The lowest BCUT2D eigenvalue weighted by Crippen LogP contribution is -2.09. The molecule has 0 aromatic heterocycles. The van der Waals surface area contributed by atoms with Crippen molar-refractivity contribution in [1.82, 2.24) is 0 Å². The number of carbonyl (C=O) groups excluding carboxylic acids is 1. The minimum Gasteiger partial charge on any atom is -0.462 e. The van der Waals surface area contributed by atoms with Crippen LogP contribution < -0.4 is 0 Å². The molecule has 1 aromatic carbocycles. The van der Waals surface area contributed by atoms with Crippen molar-refractivity contribution in [3.63, 3.8) is 0 Å². The zero-order valence-corrected chi connectivity index (χ0v) is 8.78. The fourth-order valence-corrected chi connectivity index (χ4v) is 1.29. The van der Waals surface area contributed by atoms with E-state index in [9.17, 15) is 13.6 Å². The van der Waals surface area contributed by atoms with Crippen molar-refractivity contribution < 1.29 is 18.3 Å². The number of esters is 1. The molecular weight excluding hydrogens is 226 g/mol. The second-order valence-electron chi connectivity index (χ2n) is 2.78. The number of halogens is 3. The highest BCUT2D eigenvalue weighted by Gasteiger charge is 2.17. The largest absolute Gasteiger partial charge is 0.462 e. The van der Waals surface area contributed by atoms with Gasteiger partial charge in [-0.2, -0.15) is 0 Å². The van der Waals surface area contributed by atoms with Crippen molar-refractivity contribution in [2.45, 2.75) is 12.8 Å². The van der Waals surface area contributed by atoms with Crippen LogP contribution in [-0.4, -0.2) is 12.6 Å². The summed E-state index contributed by atoms with van der Waals surface area (Å²) in [4.78, 5) is 11.2. The van der Waals surface area contributed by atoms with Gasteiger partial charge in [0.05, 0.1) is 18.1 Å². The van der Waals surface area contributed by atoms with E-state index in [1.165, 1.54) is 0 Å². The van der Waals surface area contributed by atoms with Gasteiger partial charge in [-0.25, -0.2) is 13.6 Å². The Morgan fingerprint density at radius 2 is 2.13 bits per heavy atom. The van der Waals surface area contributed by atoms with Crippen molar-refractivity contribution in [3.8, 4) is 0 Å². The lowest BCUT2D eigenvalue weighted by molar-refractivity contribution is 0.0520. The molecule has 0 amide bonds. The molecule has 2 nitrogen and oxygen atoms in total. The molecule has 0 aliphatic carbocycles. The number of rotatable bonds is 3. The van der Waals surface area contributed by atoms with E-state index in [4.69, 9.17) is 11.6 Å². The second kappa shape index (κ2) is 5.07. The van der Waals surface area contributed by atoms with Crippen molar-refractivity contribution in [3.05, 3.63) is 34.9 Å². The first kappa shape index (κ1) is 11.9. The minimum atomic E-state index is -0.888. The van der Waals surface area contributed by atoms with Crippen molar-refractivity contribution in [1.29, 1.82) is 0 Å². The molecule has 0 aliphatic heterocycles. The van der Waals surface area contributed by atoms with Crippen molar-refractivity contribution >= 4 is 17.6 Å². The smallest absolute Gasteiger partial charge is 0.341 e. The molecule has 0 atom stereocenters. The molecule has 0 saturated heterocycles. The Morgan fingerprint density at radius 3 is 2.67 bits per heavy atom. The standard InChI is InChI=1S/C10H9ClF2O2/c1-2-15-10(14)8-4-7(12)3-6(5-11)9(8)13/h3-4H,2,5H2,1H3. The van der Waals surface area contributed by atoms with Gasteiger partial charge in [-0.05, 0) is 19.1 Å². The van der Waals surface area contributed by atoms with Gasteiger partial charge >= 0.3 is 5.97 Å². The van der Waals surface area contributed by atoms with E-state index in [0.717, 1.165) is 12.1 Å². The Morgan fingerprint density at radius 1 is 1.47 bits per heavy atom. The van der Waals surface area contributed by atoms with E-state index in [1.54, 1.807) is 6.92 Å². The average molecular weight is 235 g/mol. The van der Waals surface area contributed by atoms with Gasteiger partial charge in [-0.3, -0.25) is 0 Å². The highest BCUT2D eigenvalue weighted by molar-refractivity contribution is 6.17. The Kier molecular flexibility index (Phi) is 4.03. The SMILES string of the molecule is CCOC(=O)c1cc(F)cc(CCl)c1F. The summed E-state index contributed by atoms with van der Waals surface area (Å²) >= 11 is 5.40. The van der Waals surface area contributed by atoms with Crippen LogP contribution >= 0.6 is 11.6 Å². The summed E-state index contributed by atoms with van der Waals surface area (Å²) in [5, 5.41) is 0. The van der Waals surface area contributed by atoms with Gasteiger partial charge in [0.25, 0.3) is 0 Å². The van der Waals surface area contributed by atoms with E-state index in [0.29, 0.717) is 0 Å². The van der Waals surface area contributed by atoms with Crippen LogP contribution in [0.1, 0.15) is 22.8 Å². The third-order valence-electron chi connectivity index (χ3n) is 1.75. The van der Waals surface area contributed by atoms with Crippen LogP contribution in [0.5, 0.6) is 0 Å². The van der Waals surface area contributed by atoms with Gasteiger partial charge in [-0.1, -0.05) is 0 Å². The normalized spacial score (nSPS) is 10.1. The molecule has 1 aromatic rings. The summed E-state index contributed by atoms with van der Waals surface area (Å²) in [6.45, 7) is 1.68. The summed E-state index contributed by atoms with van der Waals surface area (Å²) in [6.07, 6.45) is 0. The van der Waals surface area contributed by atoms with Crippen LogP contribution in [0.15, 0.2) is 12.1 Å². The van der Waals surface area contributed by atoms with Crippen LogP contribution in [0, 0.1) is 11.6 Å². The van der Waals surface area contributed by atoms with Crippen molar-refractivity contribution in [2.75, 3.05) is 6.61 Å². The molecule has 82 valence electrons. The Balaban J connectivity index is 3.17. The molecule has 0 radical (unpaired) electrons. The maximum absolute atomic E-state index is 13.5. The monoisotopic (exact) mass is 234 g/mol. The fourth-order valence-electron chi connectivity index (χ4n) is 1.10. The third-order valence-corrected chi connectivity index (χ3v) is 2.04. The highest BCUT2D eigenvalue weighted by Crippen LogP contribution is 2.18. The maximum Gasteiger partial charge on any atom is 0.341 e. The maximum atomic E-state index is 13.5. The quantitative estimate of drug-likeness (QED) is 0.594.